The van der Waals surface area contributed by atoms with Crippen LogP contribution in [0.15, 0.2) is 53.9 Å². The van der Waals surface area contributed by atoms with Gasteiger partial charge in [0.05, 0.1) is 11.5 Å². The molecule has 186 valence electrons. The van der Waals surface area contributed by atoms with Gasteiger partial charge in [0.25, 0.3) is 0 Å². The van der Waals surface area contributed by atoms with Crippen molar-refractivity contribution in [1.82, 2.24) is 9.88 Å². The topological polar surface area (TPSA) is 87.2 Å². The monoisotopic (exact) mass is 493 g/mol. The van der Waals surface area contributed by atoms with Crippen LogP contribution in [0.2, 0.25) is 0 Å². The van der Waals surface area contributed by atoms with Crippen molar-refractivity contribution in [3.63, 3.8) is 0 Å². The molecule has 1 fully saturated rings. The number of nitrogens with two attached hydrogens (primary N) is 1. The van der Waals surface area contributed by atoms with E-state index < -0.39 is 5.60 Å². The van der Waals surface area contributed by atoms with Gasteiger partial charge in [-0.05, 0) is 57.6 Å². The minimum atomic E-state index is -1.03. The summed E-state index contributed by atoms with van der Waals surface area (Å²) < 4.78 is 5.92. The first-order chi connectivity index (χ1) is 16.7. The van der Waals surface area contributed by atoms with E-state index >= 15 is 0 Å². The number of rotatable bonds is 8. The number of likely N-dealkylation sites (N-methyl/N-ethyl adjacent to an activating group) is 1. The van der Waals surface area contributed by atoms with Crippen LogP contribution >= 0.6 is 11.3 Å². The van der Waals surface area contributed by atoms with E-state index in [1.54, 1.807) is 31.4 Å². The summed E-state index contributed by atoms with van der Waals surface area (Å²) in [5.41, 5.74) is 7.22. The number of aromatic nitrogens is 1. The Hall–Kier alpha value is -2.96. The summed E-state index contributed by atoms with van der Waals surface area (Å²) in [4.78, 5) is 14.6. The molecule has 2 heterocycles. The summed E-state index contributed by atoms with van der Waals surface area (Å²) in [6.45, 7) is 12.0. The van der Waals surface area contributed by atoms with Crippen molar-refractivity contribution >= 4 is 28.3 Å². The largest absolute Gasteiger partial charge is 0.490 e. The third-order valence-corrected chi connectivity index (χ3v) is 6.39. The zero-order chi connectivity index (χ0) is 25.3. The van der Waals surface area contributed by atoms with Crippen LogP contribution in [0.1, 0.15) is 36.3 Å². The maximum absolute atomic E-state index is 9.82. The first-order valence-corrected chi connectivity index (χ1v) is 12.5. The van der Waals surface area contributed by atoms with Gasteiger partial charge in [0.1, 0.15) is 18.0 Å². The van der Waals surface area contributed by atoms with Crippen LogP contribution in [0.3, 0.4) is 0 Å². The number of aliphatic hydroxyl groups is 1. The molecule has 3 N–H and O–H groups in total. The molecule has 3 rings (SSSR count). The lowest BCUT2D eigenvalue weighted by atomic mass is 10.1. The first kappa shape index (κ1) is 26.6. The SMILES string of the molecule is C=C(/C=C(\C=N/CN)c1cnc(N2CCCN(C)CC2)s1)OCc1cccc(C#CC(C)(C)O)c1. The van der Waals surface area contributed by atoms with Gasteiger partial charge in [-0.15, -0.1) is 0 Å². The van der Waals surface area contributed by atoms with Gasteiger partial charge in [0.2, 0.25) is 0 Å². The van der Waals surface area contributed by atoms with Crippen LogP contribution in [0.4, 0.5) is 5.13 Å². The minimum absolute atomic E-state index is 0.202. The lowest BCUT2D eigenvalue weighted by Crippen LogP contribution is -2.28. The molecule has 7 nitrogen and oxygen atoms in total. The number of benzene rings is 1. The highest BCUT2D eigenvalue weighted by molar-refractivity contribution is 7.16. The van der Waals surface area contributed by atoms with E-state index in [0.29, 0.717) is 12.4 Å². The molecule has 0 bridgehead atoms. The molecule has 0 amide bonds. The second kappa shape index (κ2) is 12.7. The Kier molecular flexibility index (Phi) is 9.64. The number of hydrogen-bond donors (Lipinski definition) is 2. The van der Waals surface area contributed by atoms with E-state index in [-0.39, 0.29) is 6.67 Å². The van der Waals surface area contributed by atoms with E-state index in [2.05, 4.69) is 45.2 Å². The molecule has 2 aromatic rings. The average molecular weight is 494 g/mol. The van der Waals surface area contributed by atoms with E-state index in [0.717, 1.165) is 59.3 Å². The fourth-order valence-electron chi connectivity index (χ4n) is 3.46. The molecule has 1 aromatic heterocycles. The first-order valence-electron chi connectivity index (χ1n) is 11.7. The Morgan fingerprint density at radius 1 is 1.34 bits per heavy atom. The molecule has 0 saturated carbocycles. The van der Waals surface area contributed by atoms with E-state index in [1.165, 1.54) is 0 Å². The lowest BCUT2D eigenvalue weighted by molar-refractivity contribution is 0.143. The maximum Gasteiger partial charge on any atom is 0.185 e. The van der Waals surface area contributed by atoms with Crippen molar-refractivity contribution in [3.05, 3.63) is 64.9 Å². The average Bonchev–Trinajstić information content (AvgIpc) is 3.21. The fraction of sp³-hybridized carbons (Fsp3) is 0.407. The zero-order valence-corrected chi connectivity index (χ0v) is 21.6. The summed E-state index contributed by atoms with van der Waals surface area (Å²) in [5.74, 6) is 6.34. The molecule has 1 aromatic carbocycles. The molecule has 1 saturated heterocycles. The Morgan fingerprint density at radius 2 is 2.17 bits per heavy atom. The lowest BCUT2D eigenvalue weighted by Gasteiger charge is -2.19. The molecule has 0 atom stereocenters. The fourth-order valence-corrected chi connectivity index (χ4v) is 4.41. The number of aliphatic imine (C=N–C) groups is 1. The molecule has 8 heteroatoms. The molecule has 0 radical (unpaired) electrons. The van der Waals surface area contributed by atoms with Gasteiger partial charge in [0, 0.05) is 43.2 Å². The molecule has 0 spiro atoms. The van der Waals surface area contributed by atoms with E-state index in [1.807, 2.05) is 36.5 Å². The van der Waals surface area contributed by atoms with Crippen LogP contribution in [-0.2, 0) is 11.3 Å². The molecular weight excluding hydrogens is 458 g/mol. The minimum Gasteiger partial charge on any atom is -0.490 e. The predicted octanol–water partition coefficient (Wildman–Crippen LogP) is 3.51. The number of nitrogens with zero attached hydrogens (tertiary/aromatic N) is 4. The number of anilines is 1. The van der Waals surface area contributed by atoms with Crippen molar-refractivity contribution < 1.29 is 9.84 Å². The van der Waals surface area contributed by atoms with Gasteiger partial charge >= 0.3 is 0 Å². The number of thiazole rings is 1. The van der Waals surface area contributed by atoms with Gasteiger partial charge < -0.3 is 25.4 Å². The number of allylic oxidation sites excluding steroid dienone is 2. The predicted molar refractivity (Wildman–Crippen MR) is 146 cm³/mol. The summed E-state index contributed by atoms with van der Waals surface area (Å²) in [7, 11) is 2.16. The second-order valence-corrected chi connectivity index (χ2v) is 10.0. The van der Waals surface area contributed by atoms with Crippen molar-refractivity contribution in [1.29, 1.82) is 0 Å². The maximum atomic E-state index is 9.82. The third kappa shape index (κ3) is 8.96. The van der Waals surface area contributed by atoms with Crippen molar-refractivity contribution in [3.8, 4) is 11.8 Å². The van der Waals surface area contributed by atoms with Crippen LogP contribution in [0.5, 0.6) is 0 Å². The second-order valence-electron chi connectivity index (χ2n) is 9.01. The normalized spacial score (nSPS) is 15.6. The highest BCUT2D eigenvalue weighted by atomic mass is 32.1. The quantitative estimate of drug-likeness (QED) is 0.253. The van der Waals surface area contributed by atoms with Crippen molar-refractivity contribution in [2.24, 2.45) is 10.7 Å². The van der Waals surface area contributed by atoms with Crippen LogP contribution < -0.4 is 10.6 Å². The number of ether oxygens (including phenoxy) is 1. The molecule has 35 heavy (non-hydrogen) atoms. The standard InChI is InChI=1S/C27H35N5O2S/c1-21(34-19-23-8-5-7-22(16-23)9-10-27(2,3)33)15-24(17-29-20-28)25-18-30-26(35-25)32-12-6-11-31(4)13-14-32/h5,7-8,15-18,33H,1,6,11-14,19-20,28H2,2-4H3/b24-15+,29-17-. The third-order valence-electron chi connectivity index (χ3n) is 5.28. The van der Waals surface area contributed by atoms with Gasteiger partial charge in [-0.3, -0.25) is 4.99 Å². The molecular formula is C27H35N5O2S. The van der Waals surface area contributed by atoms with Gasteiger partial charge in [-0.2, -0.15) is 0 Å². The van der Waals surface area contributed by atoms with E-state index in [4.69, 9.17) is 10.5 Å². The van der Waals surface area contributed by atoms with Crippen LogP contribution in [-0.4, -0.2) is 66.7 Å². The zero-order valence-electron chi connectivity index (χ0n) is 20.8. The van der Waals surface area contributed by atoms with Crippen molar-refractivity contribution in [2.75, 3.05) is 44.8 Å². The van der Waals surface area contributed by atoms with Gasteiger partial charge in [-0.25, -0.2) is 4.98 Å². The van der Waals surface area contributed by atoms with Crippen LogP contribution in [0.25, 0.3) is 5.57 Å². The summed E-state index contributed by atoms with van der Waals surface area (Å²) >= 11 is 1.64. The molecule has 1 aliphatic rings. The summed E-state index contributed by atoms with van der Waals surface area (Å²) in [6.07, 6.45) is 6.61. The Bertz CT molecular complexity index is 1120. The Morgan fingerprint density at radius 3 is 2.94 bits per heavy atom. The smallest absolute Gasteiger partial charge is 0.185 e. The van der Waals surface area contributed by atoms with Gasteiger partial charge in [0.15, 0.2) is 5.13 Å². The Balaban J connectivity index is 1.69. The highest BCUT2D eigenvalue weighted by Crippen LogP contribution is 2.29. The summed E-state index contributed by atoms with van der Waals surface area (Å²) in [6, 6.07) is 7.74. The summed E-state index contributed by atoms with van der Waals surface area (Å²) in [5, 5.41) is 10.8. The Labute approximate surface area is 212 Å². The van der Waals surface area contributed by atoms with Crippen LogP contribution in [0, 0.1) is 11.8 Å². The van der Waals surface area contributed by atoms with E-state index in [9.17, 15) is 5.11 Å². The highest BCUT2D eigenvalue weighted by Gasteiger charge is 2.16. The molecule has 1 aliphatic heterocycles. The molecule has 0 unspecified atom stereocenters. The molecule has 0 aliphatic carbocycles. The van der Waals surface area contributed by atoms with Crippen molar-refractivity contribution in [2.45, 2.75) is 32.5 Å². The van der Waals surface area contributed by atoms with Gasteiger partial charge in [-0.1, -0.05) is 41.9 Å². The number of hydrogen-bond acceptors (Lipinski definition) is 8.